The maximum Gasteiger partial charge on any atom is 0.251 e. The fourth-order valence-electron chi connectivity index (χ4n) is 4.25. The summed E-state index contributed by atoms with van der Waals surface area (Å²) in [5.74, 6) is 0.862. The molecule has 0 bridgehead atoms. The zero-order valence-corrected chi connectivity index (χ0v) is 20.8. The van der Waals surface area contributed by atoms with E-state index in [1.807, 2.05) is 49.5 Å². The van der Waals surface area contributed by atoms with Crippen LogP contribution >= 0.6 is 0 Å². The summed E-state index contributed by atoms with van der Waals surface area (Å²) in [6, 6.07) is 20.9. The van der Waals surface area contributed by atoms with Crippen molar-refractivity contribution in [3.63, 3.8) is 0 Å². The first-order valence-corrected chi connectivity index (χ1v) is 12.1. The van der Waals surface area contributed by atoms with Gasteiger partial charge in [0.2, 0.25) is 5.91 Å². The smallest absolute Gasteiger partial charge is 0.251 e. The average molecular weight is 486 g/mol. The summed E-state index contributed by atoms with van der Waals surface area (Å²) in [6.45, 7) is 4.62. The standard InChI is InChI=1S/C29H31N3O4/c1-4-28(33)32-21-10-8-9-20(15-21)29(34)31-17-23(24-18-30-25-12-7-6-11-22(24)25)19-13-14-26(36-5-2)27(16-19)35-3/h6-16,18,23,30H,4-5,17H2,1-3H3,(H,31,34)(H,32,33). The van der Waals surface area contributed by atoms with Crippen LogP contribution in [-0.4, -0.2) is 37.1 Å². The SMILES string of the molecule is CCOc1ccc(C(CNC(=O)c2cccc(NC(=O)CC)c2)c2c[nH]c3ccccc23)cc1OC. The molecule has 1 unspecified atom stereocenters. The van der Waals surface area contributed by atoms with E-state index < -0.39 is 0 Å². The maximum atomic E-state index is 13.1. The number of H-pyrrole nitrogens is 1. The van der Waals surface area contributed by atoms with Gasteiger partial charge in [-0.25, -0.2) is 0 Å². The summed E-state index contributed by atoms with van der Waals surface area (Å²) in [5, 5.41) is 6.98. The molecule has 7 heteroatoms. The van der Waals surface area contributed by atoms with Crippen molar-refractivity contribution < 1.29 is 19.1 Å². The first kappa shape index (κ1) is 24.9. The second-order valence-electron chi connectivity index (χ2n) is 8.38. The van der Waals surface area contributed by atoms with Gasteiger partial charge < -0.3 is 25.1 Å². The zero-order valence-electron chi connectivity index (χ0n) is 20.8. The maximum absolute atomic E-state index is 13.1. The molecule has 186 valence electrons. The van der Waals surface area contributed by atoms with Gasteiger partial charge in [0.05, 0.1) is 13.7 Å². The van der Waals surface area contributed by atoms with Crippen molar-refractivity contribution in [2.75, 3.05) is 25.6 Å². The van der Waals surface area contributed by atoms with Crippen molar-refractivity contribution in [3.8, 4) is 11.5 Å². The molecule has 0 fully saturated rings. The normalized spacial score (nSPS) is 11.6. The van der Waals surface area contributed by atoms with Crippen LogP contribution in [0.3, 0.4) is 0 Å². The van der Waals surface area contributed by atoms with Gasteiger partial charge in [0.25, 0.3) is 5.91 Å². The van der Waals surface area contributed by atoms with Gasteiger partial charge in [0.15, 0.2) is 11.5 Å². The summed E-state index contributed by atoms with van der Waals surface area (Å²) >= 11 is 0. The number of amides is 2. The molecule has 0 aliphatic heterocycles. The Bertz CT molecular complexity index is 1360. The van der Waals surface area contributed by atoms with Crippen LogP contribution < -0.4 is 20.1 Å². The molecule has 4 rings (SSSR count). The van der Waals surface area contributed by atoms with Gasteiger partial charge >= 0.3 is 0 Å². The third kappa shape index (κ3) is 5.51. The van der Waals surface area contributed by atoms with Gasteiger partial charge in [-0.2, -0.15) is 0 Å². The highest BCUT2D eigenvalue weighted by atomic mass is 16.5. The molecular weight excluding hydrogens is 454 g/mol. The molecule has 36 heavy (non-hydrogen) atoms. The number of benzene rings is 3. The Morgan fingerprint density at radius 1 is 0.972 bits per heavy atom. The van der Waals surface area contributed by atoms with Crippen LogP contribution in [-0.2, 0) is 4.79 Å². The number of hydrogen-bond donors (Lipinski definition) is 3. The minimum atomic E-state index is -0.217. The molecule has 0 saturated carbocycles. The highest BCUT2D eigenvalue weighted by Crippen LogP contribution is 2.36. The molecule has 7 nitrogen and oxygen atoms in total. The van der Waals surface area contributed by atoms with Crippen molar-refractivity contribution in [1.29, 1.82) is 0 Å². The Kier molecular flexibility index (Phi) is 7.90. The van der Waals surface area contributed by atoms with E-state index in [1.165, 1.54) is 0 Å². The Morgan fingerprint density at radius 3 is 2.58 bits per heavy atom. The summed E-state index contributed by atoms with van der Waals surface area (Å²) in [6.07, 6.45) is 2.36. The van der Waals surface area contributed by atoms with Gasteiger partial charge in [-0.15, -0.1) is 0 Å². The molecule has 0 saturated heterocycles. The number of aromatic nitrogens is 1. The van der Waals surface area contributed by atoms with Crippen molar-refractivity contribution in [1.82, 2.24) is 10.3 Å². The van der Waals surface area contributed by atoms with Crippen molar-refractivity contribution in [2.24, 2.45) is 0 Å². The second kappa shape index (κ2) is 11.4. The number of fused-ring (bicyclic) bond motifs is 1. The molecule has 4 aromatic rings. The van der Waals surface area contributed by atoms with E-state index >= 15 is 0 Å². The summed E-state index contributed by atoms with van der Waals surface area (Å²) in [7, 11) is 1.62. The molecule has 3 N–H and O–H groups in total. The average Bonchev–Trinajstić information content (AvgIpc) is 3.33. The number of rotatable bonds is 10. The molecular formula is C29H31N3O4. The number of methoxy groups -OCH3 is 1. The van der Waals surface area contributed by atoms with E-state index in [2.05, 4.69) is 21.7 Å². The van der Waals surface area contributed by atoms with Crippen LogP contribution in [0.4, 0.5) is 5.69 Å². The third-order valence-electron chi connectivity index (χ3n) is 6.08. The molecule has 1 aromatic heterocycles. The van der Waals surface area contributed by atoms with E-state index in [0.717, 1.165) is 22.0 Å². The quantitative estimate of drug-likeness (QED) is 0.277. The summed E-state index contributed by atoms with van der Waals surface area (Å²) < 4.78 is 11.3. The Balaban J connectivity index is 1.64. The van der Waals surface area contributed by atoms with E-state index in [0.29, 0.717) is 42.3 Å². The second-order valence-corrected chi connectivity index (χ2v) is 8.38. The highest BCUT2D eigenvalue weighted by molar-refractivity contribution is 5.97. The number of nitrogens with one attached hydrogen (secondary N) is 3. The number of para-hydroxylation sites is 1. The molecule has 0 spiro atoms. The zero-order chi connectivity index (χ0) is 25.5. The van der Waals surface area contributed by atoms with Crippen LogP contribution in [0.15, 0.2) is 72.9 Å². The molecule has 0 aliphatic carbocycles. The predicted molar refractivity (Wildman–Crippen MR) is 142 cm³/mol. The van der Waals surface area contributed by atoms with E-state index in [9.17, 15) is 9.59 Å². The molecule has 2 amide bonds. The van der Waals surface area contributed by atoms with Crippen molar-refractivity contribution >= 4 is 28.4 Å². The minimum absolute atomic E-state index is 0.101. The van der Waals surface area contributed by atoms with Crippen LogP contribution in [0.1, 0.15) is 47.7 Å². The van der Waals surface area contributed by atoms with Crippen LogP contribution in [0.5, 0.6) is 11.5 Å². The van der Waals surface area contributed by atoms with E-state index in [-0.39, 0.29) is 17.7 Å². The number of aromatic amines is 1. The largest absolute Gasteiger partial charge is 0.493 e. The monoisotopic (exact) mass is 485 g/mol. The third-order valence-corrected chi connectivity index (χ3v) is 6.08. The number of anilines is 1. The van der Waals surface area contributed by atoms with Gasteiger partial charge in [-0.3, -0.25) is 9.59 Å². The highest BCUT2D eigenvalue weighted by Gasteiger charge is 2.21. The first-order chi connectivity index (χ1) is 17.5. The van der Waals surface area contributed by atoms with Gasteiger partial charge in [0, 0.05) is 47.2 Å². The number of ether oxygens (including phenoxy) is 2. The summed E-state index contributed by atoms with van der Waals surface area (Å²) in [4.78, 5) is 28.2. The van der Waals surface area contributed by atoms with Crippen LogP contribution in [0, 0.1) is 0 Å². The van der Waals surface area contributed by atoms with E-state index in [1.54, 1.807) is 38.3 Å². The van der Waals surface area contributed by atoms with E-state index in [4.69, 9.17) is 9.47 Å². The van der Waals surface area contributed by atoms with Crippen LogP contribution in [0.2, 0.25) is 0 Å². The lowest BCUT2D eigenvalue weighted by Gasteiger charge is -2.20. The molecule has 3 aromatic carbocycles. The topological polar surface area (TPSA) is 92.5 Å². The predicted octanol–water partition coefficient (Wildman–Crippen LogP) is 5.49. The molecule has 1 heterocycles. The van der Waals surface area contributed by atoms with Crippen molar-refractivity contribution in [2.45, 2.75) is 26.2 Å². The molecule has 0 aliphatic rings. The van der Waals surface area contributed by atoms with Crippen LogP contribution in [0.25, 0.3) is 10.9 Å². The van der Waals surface area contributed by atoms with Gasteiger partial charge in [-0.1, -0.05) is 37.3 Å². The van der Waals surface area contributed by atoms with Crippen molar-refractivity contribution in [3.05, 3.63) is 89.6 Å². The molecule has 0 radical (unpaired) electrons. The lowest BCUT2D eigenvalue weighted by Crippen LogP contribution is -2.29. The van der Waals surface area contributed by atoms with Gasteiger partial charge in [0.1, 0.15) is 0 Å². The Hall–Kier alpha value is -4.26. The summed E-state index contributed by atoms with van der Waals surface area (Å²) in [5.41, 5.74) is 4.16. The minimum Gasteiger partial charge on any atom is -0.493 e. The fourth-order valence-corrected chi connectivity index (χ4v) is 4.25. The number of hydrogen-bond acceptors (Lipinski definition) is 4. The lowest BCUT2D eigenvalue weighted by atomic mass is 9.90. The Labute approximate surface area is 210 Å². The fraction of sp³-hybridized carbons (Fsp3) is 0.241. The molecule has 1 atom stereocenters. The lowest BCUT2D eigenvalue weighted by molar-refractivity contribution is -0.115. The van der Waals surface area contributed by atoms with Gasteiger partial charge in [-0.05, 0) is 54.4 Å². The number of carbonyl (C=O) groups is 2. The Morgan fingerprint density at radius 2 is 1.81 bits per heavy atom. The first-order valence-electron chi connectivity index (χ1n) is 12.1. The number of carbonyl (C=O) groups excluding carboxylic acids is 2.